The van der Waals surface area contributed by atoms with Crippen LogP contribution in [0.25, 0.3) is 10.4 Å². The van der Waals surface area contributed by atoms with Crippen molar-refractivity contribution in [3.05, 3.63) is 46.3 Å². The molecule has 1 aromatic carbocycles. The second-order valence-corrected chi connectivity index (χ2v) is 7.09. The number of benzene rings is 1. The number of nitrogens with zero attached hydrogens (tertiary/aromatic N) is 4. The topological polar surface area (TPSA) is 128 Å². The molecule has 0 aliphatic carbocycles. The molecular weight excluding hydrogens is 350 g/mol. The number of nitrogens with one attached hydrogen (secondary N) is 1. The van der Waals surface area contributed by atoms with Gasteiger partial charge in [-0.1, -0.05) is 35.4 Å². The van der Waals surface area contributed by atoms with Gasteiger partial charge in [-0.25, -0.2) is 9.59 Å². The van der Waals surface area contributed by atoms with Crippen molar-refractivity contribution in [1.29, 1.82) is 0 Å². The van der Waals surface area contributed by atoms with Gasteiger partial charge in [-0.3, -0.25) is 0 Å². The molecule has 0 saturated carbocycles. The van der Waals surface area contributed by atoms with E-state index >= 15 is 0 Å². The van der Waals surface area contributed by atoms with Gasteiger partial charge in [-0.15, -0.1) is 0 Å². The van der Waals surface area contributed by atoms with Gasteiger partial charge in [-0.2, -0.15) is 0 Å². The van der Waals surface area contributed by atoms with Crippen LogP contribution in [0.5, 0.6) is 0 Å². The van der Waals surface area contributed by atoms with Gasteiger partial charge >= 0.3 is 12.2 Å². The van der Waals surface area contributed by atoms with Gasteiger partial charge < -0.3 is 20.1 Å². The van der Waals surface area contributed by atoms with E-state index in [4.69, 9.17) is 15.4 Å². The Labute approximate surface area is 158 Å². The highest BCUT2D eigenvalue weighted by Crippen LogP contribution is 2.12. The van der Waals surface area contributed by atoms with Crippen LogP contribution in [0.3, 0.4) is 0 Å². The predicted molar refractivity (Wildman–Crippen MR) is 101 cm³/mol. The fraction of sp³-hybridized carbons (Fsp3) is 0.556. The van der Waals surface area contributed by atoms with E-state index in [9.17, 15) is 9.59 Å². The first-order chi connectivity index (χ1) is 12.7. The number of hydrogen-bond donors (Lipinski definition) is 2. The predicted octanol–water partition coefficient (Wildman–Crippen LogP) is 4.15. The first kappa shape index (κ1) is 22.1. The zero-order valence-electron chi connectivity index (χ0n) is 16.0. The number of hydrogen-bond acceptors (Lipinski definition) is 4. The van der Waals surface area contributed by atoms with Crippen LogP contribution in [-0.4, -0.2) is 46.9 Å². The average molecular weight is 377 g/mol. The lowest BCUT2D eigenvalue weighted by Crippen LogP contribution is -2.50. The maximum absolute atomic E-state index is 11.5. The number of ether oxygens (including phenoxy) is 1. The number of alkyl carbamates (subject to hydrolysis) is 1. The molecule has 1 aliphatic rings. The Balaban J connectivity index is 0.000000309. The van der Waals surface area contributed by atoms with Gasteiger partial charge in [0.25, 0.3) is 0 Å². The summed E-state index contributed by atoms with van der Waals surface area (Å²) in [7, 11) is 0. The molecule has 1 heterocycles. The monoisotopic (exact) mass is 377 g/mol. The molecule has 2 N–H and O–H groups in total. The summed E-state index contributed by atoms with van der Waals surface area (Å²) in [6.45, 7) is 6.67. The molecule has 9 nitrogen and oxygen atoms in total. The summed E-state index contributed by atoms with van der Waals surface area (Å²) in [5.41, 5.74) is 8.49. The number of carbonyl (C=O) groups is 2. The summed E-state index contributed by atoms with van der Waals surface area (Å²) in [5, 5.41) is 15.0. The van der Waals surface area contributed by atoms with E-state index in [1.807, 2.05) is 30.3 Å². The van der Waals surface area contributed by atoms with Crippen molar-refractivity contribution < 1.29 is 19.4 Å². The maximum atomic E-state index is 11.5. The van der Waals surface area contributed by atoms with Crippen molar-refractivity contribution in [1.82, 2.24) is 10.2 Å². The maximum Gasteiger partial charge on any atom is 0.407 e. The third-order valence-corrected chi connectivity index (χ3v) is 3.57. The third kappa shape index (κ3) is 9.96. The smallest absolute Gasteiger partial charge is 0.407 e. The van der Waals surface area contributed by atoms with Crippen LogP contribution in [0, 0.1) is 0 Å². The number of azide groups is 1. The molecule has 2 rings (SSSR count). The van der Waals surface area contributed by atoms with Crippen LogP contribution in [-0.2, 0) is 11.3 Å². The number of carbonyl (C=O) groups excluding carboxylic acids is 1. The molecule has 0 radical (unpaired) electrons. The van der Waals surface area contributed by atoms with Crippen LogP contribution < -0.4 is 5.32 Å². The van der Waals surface area contributed by atoms with Gasteiger partial charge in [0.2, 0.25) is 0 Å². The molecule has 0 bridgehead atoms. The van der Waals surface area contributed by atoms with Crippen LogP contribution in [0.1, 0.15) is 39.2 Å². The zero-order chi connectivity index (χ0) is 20.3. The Morgan fingerprint density at radius 1 is 1.37 bits per heavy atom. The summed E-state index contributed by atoms with van der Waals surface area (Å²) >= 11 is 0. The largest absolute Gasteiger partial charge is 0.465 e. The molecular formula is C18H27N5O4. The molecule has 2 amide bonds. The zero-order valence-corrected chi connectivity index (χ0v) is 16.0. The van der Waals surface area contributed by atoms with Crippen molar-refractivity contribution in [2.24, 2.45) is 5.11 Å². The number of likely N-dealkylation sites (tertiary alicyclic amines) is 1. The lowest BCUT2D eigenvalue weighted by atomic mass is 10.1. The minimum Gasteiger partial charge on any atom is -0.465 e. The number of piperidine rings is 1. The van der Waals surface area contributed by atoms with Crippen LogP contribution >= 0.6 is 0 Å². The summed E-state index contributed by atoms with van der Waals surface area (Å²) < 4.78 is 5.12. The van der Waals surface area contributed by atoms with Crippen LogP contribution in [0.2, 0.25) is 0 Å². The third-order valence-electron chi connectivity index (χ3n) is 3.57. The van der Waals surface area contributed by atoms with E-state index in [0.717, 1.165) is 18.4 Å². The van der Waals surface area contributed by atoms with Crippen molar-refractivity contribution in [2.45, 2.75) is 51.8 Å². The Morgan fingerprint density at radius 3 is 2.59 bits per heavy atom. The summed E-state index contributed by atoms with van der Waals surface area (Å²) in [6.07, 6.45) is 0.103. The van der Waals surface area contributed by atoms with Gasteiger partial charge in [0.05, 0.1) is 6.54 Å². The van der Waals surface area contributed by atoms with E-state index in [-0.39, 0.29) is 6.04 Å². The molecule has 27 heavy (non-hydrogen) atoms. The molecule has 9 heteroatoms. The summed E-state index contributed by atoms with van der Waals surface area (Å²) in [5.74, 6) is 0. The van der Waals surface area contributed by atoms with E-state index < -0.39 is 17.8 Å². The first-order valence-corrected chi connectivity index (χ1v) is 8.73. The molecule has 1 fully saturated rings. The molecule has 1 aliphatic heterocycles. The molecule has 1 aromatic rings. The highest BCUT2D eigenvalue weighted by atomic mass is 16.6. The number of amides is 2. The molecule has 1 unspecified atom stereocenters. The SMILES string of the molecule is CC(C)(C)OC(=O)NC1CCCN(C(=O)O)C1.[N-]=[N+]=NCc1ccccc1. The molecule has 0 spiro atoms. The van der Waals surface area contributed by atoms with Gasteiger partial charge in [0, 0.05) is 24.0 Å². The first-order valence-electron chi connectivity index (χ1n) is 8.73. The Hall–Kier alpha value is -2.93. The molecule has 1 atom stereocenters. The lowest BCUT2D eigenvalue weighted by molar-refractivity contribution is 0.0469. The van der Waals surface area contributed by atoms with Crippen LogP contribution in [0.15, 0.2) is 35.4 Å². The minimum absolute atomic E-state index is 0.158. The van der Waals surface area contributed by atoms with E-state index in [0.29, 0.717) is 19.6 Å². The van der Waals surface area contributed by atoms with E-state index in [1.165, 1.54) is 4.90 Å². The molecule has 0 aromatic heterocycles. The van der Waals surface area contributed by atoms with Gasteiger partial charge in [0.1, 0.15) is 5.60 Å². The van der Waals surface area contributed by atoms with E-state index in [2.05, 4.69) is 15.3 Å². The molecule has 148 valence electrons. The number of rotatable bonds is 3. The lowest BCUT2D eigenvalue weighted by Gasteiger charge is -2.31. The van der Waals surface area contributed by atoms with Gasteiger partial charge in [-0.05, 0) is 44.7 Å². The minimum atomic E-state index is -0.944. The Morgan fingerprint density at radius 2 is 2.04 bits per heavy atom. The average Bonchev–Trinajstić information content (AvgIpc) is 2.60. The van der Waals surface area contributed by atoms with Crippen molar-refractivity contribution >= 4 is 12.2 Å². The normalized spacial score (nSPS) is 16.3. The number of carboxylic acid groups (broad SMARTS) is 1. The standard InChI is InChI=1S/C11H20N2O4.C7H7N3/c1-11(2,3)17-9(14)12-8-5-4-6-13(7-8)10(15)16;8-10-9-6-7-4-2-1-3-5-7/h8H,4-7H2,1-3H3,(H,12,14)(H,15,16);1-5H,6H2. The van der Waals surface area contributed by atoms with Crippen molar-refractivity contribution in [2.75, 3.05) is 13.1 Å². The Kier molecular flexibility index (Phi) is 8.95. The van der Waals surface area contributed by atoms with Crippen molar-refractivity contribution in [3.8, 4) is 0 Å². The van der Waals surface area contributed by atoms with Crippen LogP contribution in [0.4, 0.5) is 9.59 Å². The summed E-state index contributed by atoms with van der Waals surface area (Å²) in [6, 6.07) is 9.46. The highest BCUT2D eigenvalue weighted by molar-refractivity contribution is 5.69. The fourth-order valence-corrected chi connectivity index (χ4v) is 2.44. The summed E-state index contributed by atoms with van der Waals surface area (Å²) in [4.78, 5) is 26.3. The molecule has 1 saturated heterocycles. The Bertz CT molecular complexity index is 653. The second-order valence-electron chi connectivity index (χ2n) is 7.09. The second kappa shape index (κ2) is 10.9. The fourth-order valence-electron chi connectivity index (χ4n) is 2.44. The van der Waals surface area contributed by atoms with Gasteiger partial charge in [0.15, 0.2) is 0 Å². The quantitative estimate of drug-likeness (QED) is 0.466. The highest BCUT2D eigenvalue weighted by Gasteiger charge is 2.26. The van der Waals surface area contributed by atoms with E-state index in [1.54, 1.807) is 20.8 Å². The van der Waals surface area contributed by atoms with Crippen molar-refractivity contribution in [3.63, 3.8) is 0 Å².